The average Bonchev–Trinajstić information content (AvgIpc) is 2.61. The maximum atomic E-state index is 12.7. The monoisotopic (exact) mass is 384 g/mol. The highest BCUT2D eigenvalue weighted by Gasteiger charge is 2.36. The van der Waals surface area contributed by atoms with Gasteiger partial charge in [-0.1, -0.05) is 49.1 Å². The van der Waals surface area contributed by atoms with Crippen molar-refractivity contribution in [1.29, 1.82) is 0 Å². The summed E-state index contributed by atoms with van der Waals surface area (Å²) in [6.07, 6.45) is 7.81. The molecule has 1 saturated carbocycles. The summed E-state index contributed by atoms with van der Waals surface area (Å²) in [6.45, 7) is 3.81. The molecule has 5 heteroatoms. The molecule has 0 bridgehead atoms. The average molecular weight is 385 g/mol. The summed E-state index contributed by atoms with van der Waals surface area (Å²) >= 11 is 6.51. The molecule has 3 nitrogen and oxygen atoms in total. The zero-order chi connectivity index (χ0) is 17.0. The molecular formula is C20H30Cl2N2O. The van der Waals surface area contributed by atoms with Gasteiger partial charge in [0.1, 0.15) is 0 Å². The predicted octanol–water partition coefficient (Wildman–Crippen LogP) is 4.47. The van der Waals surface area contributed by atoms with E-state index in [1.54, 1.807) is 0 Å². The van der Waals surface area contributed by atoms with E-state index in [-0.39, 0.29) is 29.6 Å². The fraction of sp³-hybridized carbons (Fsp3) is 0.650. The van der Waals surface area contributed by atoms with Gasteiger partial charge in [-0.25, -0.2) is 0 Å². The first-order valence-electron chi connectivity index (χ1n) is 9.37. The molecule has 25 heavy (non-hydrogen) atoms. The normalized spacial score (nSPS) is 25.7. The molecule has 1 aliphatic heterocycles. The van der Waals surface area contributed by atoms with Crippen LogP contribution in [0.25, 0.3) is 0 Å². The highest BCUT2D eigenvalue weighted by Crippen LogP contribution is 2.42. The van der Waals surface area contributed by atoms with E-state index >= 15 is 0 Å². The van der Waals surface area contributed by atoms with E-state index in [0.29, 0.717) is 12.6 Å². The van der Waals surface area contributed by atoms with E-state index in [1.165, 1.54) is 24.8 Å². The largest absolute Gasteiger partial charge is 0.355 e. The maximum Gasteiger partial charge on any atom is 0.223 e. The number of nitrogens with one attached hydrogen (secondary N) is 2. The van der Waals surface area contributed by atoms with Crippen molar-refractivity contribution in [3.8, 4) is 0 Å². The molecule has 1 aliphatic carbocycles. The minimum Gasteiger partial charge on any atom is -0.355 e. The summed E-state index contributed by atoms with van der Waals surface area (Å²) in [5.41, 5.74) is 1.22. The van der Waals surface area contributed by atoms with Crippen molar-refractivity contribution in [3.63, 3.8) is 0 Å². The van der Waals surface area contributed by atoms with Gasteiger partial charge in [-0.3, -0.25) is 4.79 Å². The van der Waals surface area contributed by atoms with Crippen LogP contribution < -0.4 is 10.6 Å². The van der Waals surface area contributed by atoms with Crippen LogP contribution in [-0.2, 0) is 10.2 Å². The Bertz CT molecular complexity index is 573. The van der Waals surface area contributed by atoms with Crippen LogP contribution in [0.5, 0.6) is 0 Å². The van der Waals surface area contributed by atoms with Crippen molar-refractivity contribution < 1.29 is 4.79 Å². The van der Waals surface area contributed by atoms with Crippen LogP contribution in [0.1, 0.15) is 57.4 Å². The van der Waals surface area contributed by atoms with Crippen molar-refractivity contribution in [1.82, 2.24) is 10.6 Å². The topological polar surface area (TPSA) is 41.1 Å². The third-order valence-electron chi connectivity index (χ3n) is 5.85. The quantitative estimate of drug-likeness (QED) is 0.803. The number of benzene rings is 1. The van der Waals surface area contributed by atoms with Crippen molar-refractivity contribution in [2.75, 3.05) is 13.1 Å². The molecule has 3 rings (SSSR count). The Balaban J connectivity index is 0.00000225. The third kappa shape index (κ3) is 4.90. The zero-order valence-electron chi connectivity index (χ0n) is 15.0. The molecule has 0 radical (unpaired) electrons. The van der Waals surface area contributed by atoms with Crippen molar-refractivity contribution in [2.45, 2.75) is 63.3 Å². The SMILES string of the molecule is C[C@H]1C[C@@H](C(=O)NCC2(c3ccccc3Cl)CCCCC2)CCN1.Cl. The zero-order valence-corrected chi connectivity index (χ0v) is 16.6. The van der Waals surface area contributed by atoms with Crippen LogP contribution in [0, 0.1) is 5.92 Å². The summed E-state index contributed by atoms with van der Waals surface area (Å²) in [5, 5.41) is 7.54. The van der Waals surface area contributed by atoms with E-state index < -0.39 is 0 Å². The van der Waals surface area contributed by atoms with Crippen LogP contribution >= 0.6 is 24.0 Å². The molecule has 1 amide bonds. The molecule has 0 unspecified atom stereocenters. The lowest BCUT2D eigenvalue weighted by Gasteiger charge is -2.39. The first-order valence-corrected chi connectivity index (χ1v) is 9.75. The molecule has 0 aromatic heterocycles. The van der Waals surface area contributed by atoms with Gasteiger partial charge in [0.05, 0.1) is 0 Å². The Labute approximate surface area is 162 Å². The van der Waals surface area contributed by atoms with Crippen LogP contribution in [-0.4, -0.2) is 25.0 Å². The summed E-state index contributed by atoms with van der Waals surface area (Å²) in [5.74, 6) is 0.369. The van der Waals surface area contributed by atoms with Crippen LogP contribution in [0.15, 0.2) is 24.3 Å². The second-order valence-corrected chi connectivity index (χ2v) is 8.02. The molecule has 2 N–H and O–H groups in total. The van der Waals surface area contributed by atoms with Gasteiger partial charge in [0.2, 0.25) is 5.91 Å². The second kappa shape index (κ2) is 9.25. The number of halogens is 2. The molecule has 2 fully saturated rings. The molecule has 1 aromatic carbocycles. The van der Waals surface area contributed by atoms with E-state index in [4.69, 9.17) is 11.6 Å². The molecule has 140 valence electrons. The van der Waals surface area contributed by atoms with Gasteiger partial charge < -0.3 is 10.6 Å². The third-order valence-corrected chi connectivity index (χ3v) is 6.18. The number of piperidine rings is 1. The lowest BCUT2D eigenvalue weighted by atomic mass is 9.69. The number of carbonyl (C=O) groups is 1. The Morgan fingerprint density at radius 2 is 2.00 bits per heavy atom. The van der Waals surface area contributed by atoms with E-state index in [9.17, 15) is 4.79 Å². The molecular weight excluding hydrogens is 355 g/mol. The molecule has 2 atom stereocenters. The minimum absolute atomic E-state index is 0. The number of rotatable bonds is 4. The predicted molar refractivity (Wildman–Crippen MR) is 107 cm³/mol. The molecule has 1 heterocycles. The van der Waals surface area contributed by atoms with Crippen LogP contribution in [0.4, 0.5) is 0 Å². The number of carbonyl (C=O) groups excluding carboxylic acids is 1. The minimum atomic E-state index is 0. The van der Waals surface area contributed by atoms with E-state index in [0.717, 1.165) is 37.3 Å². The number of amides is 1. The second-order valence-electron chi connectivity index (χ2n) is 7.62. The van der Waals surface area contributed by atoms with Gasteiger partial charge in [0.15, 0.2) is 0 Å². The Hall–Kier alpha value is -0.770. The summed E-state index contributed by atoms with van der Waals surface area (Å²) in [7, 11) is 0. The Morgan fingerprint density at radius 1 is 1.28 bits per heavy atom. The van der Waals surface area contributed by atoms with Crippen molar-refractivity contribution >= 4 is 29.9 Å². The first-order chi connectivity index (χ1) is 11.6. The lowest BCUT2D eigenvalue weighted by Crippen LogP contribution is -2.47. The van der Waals surface area contributed by atoms with Gasteiger partial charge in [-0.05, 0) is 50.8 Å². The molecule has 2 aliphatic rings. The van der Waals surface area contributed by atoms with Gasteiger partial charge in [-0.2, -0.15) is 0 Å². The first kappa shape index (κ1) is 20.5. The summed E-state index contributed by atoms with van der Waals surface area (Å²) in [4.78, 5) is 12.7. The van der Waals surface area contributed by atoms with Gasteiger partial charge in [-0.15, -0.1) is 12.4 Å². The van der Waals surface area contributed by atoms with Crippen LogP contribution in [0.3, 0.4) is 0 Å². The Kier molecular flexibility index (Phi) is 7.60. The highest BCUT2D eigenvalue weighted by atomic mass is 35.5. The molecule has 1 aromatic rings. The van der Waals surface area contributed by atoms with Crippen LogP contribution in [0.2, 0.25) is 5.02 Å². The van der Waals surface area contributed by atoms with Gasteiger partial charge >= 0.3 is 0 Å². The highest BCUT2D eigenvalue weighted by molar-refractivity contribution is 6.31. The number of hydrogen-bond donors (Lipinski definition) is 2. The molecule has 1 saturated heterocycles. The fourth-order valence-electron chi connectivity index (χ4n) is 4.43. The molecule has 0 spiro atoms. The fourth-order valence-corrected chi connectivity index (χ4v) is 4.77. The van der Waals surface area contributed by atoms with Crippen molar-refractivity contribution in [3.05, 3.63) is 34.9 Å². The van der Waals surface area contributed by atoms with E-state index in [2.05, 4.69) is 29.7 Å². The smallest absolute Gasteiger partial charge is 0.223 e. The number of hydrogen-bond acceptors (Lipinski definition) is 2. The van der Waals surface area contributed by atoms with Crippen molar-refractivity contribution in [2.24, 2.45) is 5.92 Å². The van der Waals surface area contributed by atoms with E-state index in [1.807, 2.05) is 12.1 Å². The maximum absolute atomic E-state index is 12.7. The van der Waals surface area contributed by atoms with Gasteiger partial charge in [0.25, 0.3) is 0 Å². The summed E-state index contributed by atoms with van der Waals surface area (Å²) in [6, 6.07) is 8.60. The Morgan fingerprint density at radius 3 is 2.68 bits per heavy atom. The lowest BCUT2D eigenvalue weighted by molar-refractivity contribution is -0.126. The standard InChI is InChI=1S/C20H29ClN2O.ClH/c1-15-13-16(9-12-22-15)19(24)23-14-20(10-5-2-6-11-20)17-7-3-4-8-18(17)21;/h3-4,7-8,15-16,22H,2,5-6,9-14H2,1H3,(H,23,24);1H/t15-,16-;/m0./s1. The van der Waals surface area contributed by atoms with Gasteiger partial charge in [0, 0.05) is 28.9 Å². The summed E-state index contributed by atoms with van der Waals surface area (Å²) < 4.78 is 0.